The van der Waals surface area contributed by atoms with Gasteiger partial charge in [0, 0.05) is 24.1 Å². The summed E-state index contributed by atoms with van der Waals surface area (Å²) in [4.78, 5) is 5.69. The Balaban J connectivity index is 1.85. The van der Waals surface area contributed by atoms with Crippen molar-refractivity contribution < 1.29 is 18.3 Å². The normalized spacial score (nSPS) is 16.1. The third-order valence-electron chi connectivity index (χ3n) is 4.49. The molecule has 9 heteroatoms. The zero-order chi connectivity index (χ0) is 20.4. The van der Waals surface area contributed by atoms with E-state index in [9.17, 15) is 8.78 Å². The molecule has 2 aromatic rings. The number of likely N-dealkylation sites (tertiary alicyclic amines) is 1. The maximum absolute atomic E-state index is 14.5. The molecule has 7 nitrogen and oxygen atoms in total. The number of hydrogen-bond acceptors (Lipinski definition) is 5. The predicted octanol–water partition coefficient (Wildman–Crippen LogP) is 3.19. The first-order valence-electron chi connectivity index (χ1n) is 8.71. The number of benzene rings is 1. The van der Waals surface area contributed by atoms with E-state index in [0.29, 0.717) is 30.9 Å². The molecule has 1 saturated heterocycles. The van der Waals surface area contributed by atoms with Crippen LogP contribution in [0.5, 0.6) is 17.5 Å². The minimum Gasteiger partial charge on any atom is -0.470 e. The Hall–Kier alpha value is -3.23. The van der Waals surface area contributed by atoms with E-state index in [2.05, 4.69) is 4.98 Å². The Labute approximate surface area is 161 Å². The first-order chi connectivity index (χ1) is 13.3. The predicted molar refractivity (Wildman–Crippen MR) is 100 cm³/mol. The molecule has 1 unspecified atom stereocenters. The second kappa shape index (κ2) is 7.79. The van der Waals surface area contributed by atoms with Crippen molar-refractivity contribution in [2.75, 3.05) is 13.1 Å². The van der Waals surface area contributed by atoms with E-state index in [-0.39, 0.29) is 29.1 Å². The summed E-state index contributed by atoms with van der Waals surface area (Å²) in [7, 11) is 0. The van der Waals surface area contributed by atoms with E-state index in [1.807, 2.05) is 4.90 Å². The van der Waals surface area contributed by atoms with Gasteiger partial charge in [0.15, 0.2) is 11.6 Å². The standard InChI is InChI=1S/C19H21F2N5O2/c1-10-15(20)18(27-13-5-3-4-12(8-13)17(23)24)25-19(16(10)21)28-14-6-7-26(9-14)11(2)22/h3-5,8,14,22H,6-7,9H2,1-2H3,(H3,23,24). The fourth-order valence-corrected chi connectivity index (χ4v) is 2.88. The van der Waals surface area contributed by atoms with Gasteiger partial charge in [-0.3, -0.25) is 10.8 Å². The summed E-state index contributed by atoms with van der Waals surface area (Å²) in [6.07, 6.45) is 0.242. The number of ether oxygens (including phenoxy) is 2. The lowest BCUT2D eigenvalue weighted by Crippen LogP contribution is -2.28. The highest BCUT2D eigenvalue weighted by Crippen LogP contribution is 2.31. The van der Waals surface area contributed by atoms with E-state index in [0.717, 1.165) is 0 Å². The Morgan fingerprint density at radius 2 is 1.96 bits per heavy atom. The first-order valence-corrected chi connectivity index (χ1v) is 8.71. The fraction of sp³-hybridized carbons (Fsp3) is 0.316. The topological polar surface area (TPSA) is 108 Å². The molecule has 28 heavy (non-hydrogen) atoms. The summed E-state index contributed by atoms with van der Waals surface area (Å²) < 4.78 is 40.1. The number of nitrogens with two attached hydrogens (primary N) is 1. The quantitative estimate of drug-likeness (QED) is 0.538. The number of amidine groups is 2. The molecule has 0 amide bonds. The van der Waals surface area contributed by atoms with Gasteiger partial charge in [0.05, 0.1) is 12.4 Å². The van der Waals surface area contributed by atoms with E-state index < -0.39 is 17.5 Å². The van der Waals surface area contributed by atoms with Gasteiger partial charge in [-0.1, -0.05) is 12.1 Å². The van der Waals surface area contributed by atoms with E-state index in [4.69, 9.17) is 26.0 Å². The molecule has 0 bridgehead atoms. The maximum Gasteiger partial charge on any atom is 0.259 e. The van der Waals surface area contributed by atoms with Crippen LogP contribution in [0.15, 0.2) is 24.3 Å². The molecule has 1 atom stereocenters. The molecule has 1 fully saturated rings. The van der Waals surface area contributed by atoms with Crippen LogP contribution in [-0.2, 0) is 0 Å². The van der Waals surface area contributed by atoms with Crippen LogP contribution in [0, 0.1) is 29.4 Å². The summed E-state index contributed by atoms with van der Waals surface area (Å²) in [5.74, 6) is -2.12. The lowest BCUT2D eigenvalue weighted by atomic mass is 10.2. The van der Waals surface area contributed by atoms with Crippen LogP contribution in [0.1, 0.15) is 24.5 Å². The van der Waals surface area contributed by atoms with Gasteiger partial charge in [0.1, 0.15) is 17.7 Å². The maximum atomic E-state index is 14.5. The highest BCUT2D eigenvalue weighted by atomic mass is 19.1. The zero-order valence-corrected chi connectivity index (χ0v) is 15.6. The smallest absolute Gasteiger partial charge is 0.259 e. The van der Waals surface area contributed by atoms with Crippen molar-refractivity contribution in [3.8, 4) is 17.5 Å². The van der Waals surface area contributed by atoms with Crippen molar-refractivity contribution in [1.29, 1.82) is 10.8 Å². The van der Waals surface area contributed by atoms with Gasteiger partial charge in [-0.15, -0.1) is 0 Å². The monoisotopic (exact) mass is 389 g/mol. The molecule has 0 aliphatic carbocycles. The minimum absolute atomic E-state index is 0.162. The molecular weight excluding hydrogens is 368 g/mol. The molecule has 4 N–H and O–H groups in total. The van der Waals surface area contributed by atoms with Gasteiger partial charge in [0.25, 0.3) is 11.8 Å². The number of halogens is 2. The van der Waals surface area contributed by atoms with Crippen molar-refractivity contribution >= 4 is 11.7 Å². The van der Waals surface area contributed by atoms with Crippen LogP contribution in [0.25, 0.3) is 0 Å². The molecule has 0 saturated carbocycles. The van der Waals surface area contributed by atoms with Crippen LogP contribution in [0.2, 0.25) is 0 Å². The Morgan fingerprint density at radius 3 is 2.61 bits per heavy atom. The van der Waals surface area contributed by atoms with Crippen LogP contribution >= 0.6 is 0 Å². The highest BCUT2D eigenvalue weighted by Gasteiger charge is 2.28. The lowest BCUT2D eigenvalue weighted by molar-refractivity contribution is 0.192. The summed E-state index contributed by atoms with van der Waals surface area (Å²) in [6, 6.07) is 6.23. The summed E-state index contributed by atoms with van der Waals surface area (Å²) in [5, 5.41) is 15.1. The van der Waals surface area contributed by atoms with Gasteiger partial charge in [0.2, 0.25) is 0 Å². The number of nitrogens with one attached hydrogen (secondary N) is 2. The largest absolute Gasteiger partial charge is 0.470 e. The van der Waals surface area contributed by atoms with Crippen molar-refractivity contribution in [2.45, 2.75) is 26.4 Å². The molecule has 1 aromatic carbocycles. The molecule has 148 valence electrons. The zero-order valence-electron chi connectivity index (χ0n) is 15.6. The number of pyridine rings is 1. The Morgan fingerprint density at radius 1 is 1.25 bits per heavy atom. The third-order valence-corrected chi connectivity index (χ3v) is 4.49. The molecule has 1 aliphatic heterocycles. The van der Waals surface area contributed by atoms with Gasteiger partial charge < -0.3 is 20.1 Å². The number of hydrogen-bond donors (Lipinski definition) is 3. The van der Waals surface area contributed by atoms with E-state index in [1.54, 1.807) is 25.1 Å². The third kappa shape index (κ3) is 4.03. The second-order valence-electron chi connectivity index (χ2n) is 6.58. The van der Waals surface area contributed by atoms with Crippen molar-refractivity contribution in [3.05, 3.63) is 47.0 Å². The van der Waals surface area contributed by atoms with Crippen molar-refractivity contribution in [2.24, 2.45) is 5.73 Å². The second-order valence-corrected chi connectivity index (χ2v) is 6.58. The van der Waals surface area contributed by atoms with Gasteiger partial charge in [-0.25, -0.2) is 8.78 Å². The number of rotatable bonds is 5. The van der Waals surface area contributed by atoms with Crippen molar-refractivity contribution in [1.82, 2.24) is 9.88 Å². The average Bonchev–Trinajstić information content (AvgIpc) is 3.13. The Bertz CT molecular complexity index is 935. The van der Waals surface area contributed by atoms with Crippen molar-refractivity contribution in [3.63, 3.8) is 0 Å². The average molecular weight is 389 g/mol. The molecule has 0 spiro atoms. The number of nitrogens with zero attached hydrogens (tertiary/aromatic N) is 2. The summed E-state index contributed by atoms with van der Waals surface area (Å²) in [6.45, 7) is 4.01. The van der Waals surface area contributed by atoms with Gasteiger partial charge >= 0.3 is 0 Å². The van der Waals surface area contributed by atoms with Crippen LogP contribution in [-0.4, -0.2) is 40.7 Å². The lowest BCUT2D eigenvalue weighted by Gasteiger charge is -2.18. The minimum atomic E-state index is -0.929. The molecule has 1 aliphatic rings. The summed E-state index contributed by atoms with van der Waals surface area (Å²) in [5.41, 5.74) is 5.59. The fourth-order valence-electron chi connectivity index (χ4n) is 2.88. The number of nitrogen functional groups attached to an aromatic ring is 1. The van der Waals surface area contributed by atoms with Crippen LogP contribution in [0.3, 0.4) is 0 Å². The van der Waals surface area contributed by atoms with Crippen LogP contribution in [0.4, 0.5) is 8.78 Å². The van der Waals surface area contributed by atoms with Crippen LogP contribution < -0.4 is 15.2 Å². The first kappa shape index (κ1) is 19.5. The van der Waals surface area contributed by atoms with Gasteiger partial charge in [-0.2, -0.15) is 4.98 Å². The molecule has 2 heterocycles. The van der Waals surface area contributed by atoms with Gasteiger partial charge in [-0.05, 0) is 26.0 Å². The highest BCUT2D eigenvalue weighted by molar-refractivity contribution is 5.95. The number of aromatic nitrogens is 1. The molecular formula is C19H21F2N5O2. The molecule has 3 rings (SSSR count). The summed E-state index contributed by atoms with van der Waals surface area (Å²) >= 11 is 0. The SMILES string of the molecule is CC(=N)N1CCC(Oc2nc(Oc3cccc(C(=N)N)c3)c(F)c(C)c2F)C1. The molecule has 0 radical (unpaired) electrons. The Kier molecular flexibility index (Phi) is 5.43. The molecule has 1 aromatic heterocycles. The van der Waals surface area contributed by atoms with E-state index in [1.165, 1.54) is 13.0 Å². The van der Waals surface area contributed by atoms with E-state index >= 15 is 0 Å².